The molecule has 0 aliphatic rings. The number of rotatable bonds is 7. The van der Waals surface area contributed by atoms with Gasteiger partial charge in [0, 0.05) is 0 Å². The van der Waals surface area contributed by atoms with Crippen molar-refractivity contribution in [3.8, 4) is 0 Å². The van der Waals surface area contributed by atoms with Crippen molar-refractivity contribution in [3.63, 3.8) is 0 Å². The number of carboxylic acids is 1. The Morgan fingerprint density at radius 1 is 1.52 bits per heavy atom. The summed E-state index contributed by atoms with van der Waals surface area (Å²) in [7, 11) is 0. The molecule has 21 heavy (non-hydrogen) atoms. The number of carbonyl (C=O) groups is 2. The van der Waals surface area contributed by atoms with Crippen molar-refractivity contribution in [2.75, 3.05) is 11.9 Å². The van der Waals surface area contributed by atoms with Gasteiger partial charge in [-0.05, 0) is 6.92 Å². The second-order valence-electron chi connectivity index (χ2n) is 3.91. The maximum atomic E-state index is 11.4. The summed E-state index contributed by atoms with van der Waals surface area (Å²) in [5.41, 5.74) is 0.570. The molecule has 2 rings (SSSR count). The summed E-state index contributed by atoms with van der Waals surface area (Å²) >= 11 is 0. The molecule has 0 aromatic carbocycles. The number of oxazole rings is 1. The van der Waals surface area contributed by atoms with Gasteiger partial charge in [-0.3, -0.25) is 4.79 Å². The van der Waals surface area contributed by atoms with Crippen LogP contribution in [0.3, 0.4) is 0 Å². The van der Waals surface area contributed by atoms with Gasteiger partial charge in [0.15, 0.2) is 5.69 Å². The van der Waals surface area contributed by atoms with E-state index in [1.165, 1.54) is 17.1 Å². The summed E-state index contributed by atoms with van der Waals surface area (Å²) < 4.78 is 11.0. The van der Waals surface area contributed by atoms with Crippen molar-refractivity contribution < 1.29 is 23.8 Å². The Kier molecular flexibility index (Phi) is 4.49. The van der Waals surface area contributed by atoms with Crippen LogP contribution in [0.25, 0.3) is 0 Å². The van der Waals surface area contributed by atoms with Crippen LogP contribution in [0.15, 0.2) is 16.9 Å². The molecule has 2 aromatic heterocycles. The molecule has 0 saturated heterocycles. The number of nitrogens with zero attached hydrogens (tertiary/aromatic N) is 4. The third-order valence-corrected chi connectivity index (χ3v) is 2.29. The third kappa shape index (κ3) is 4.03. The van der Waals surface area contributed by atoms with Crippen LogP contribution in [-0.2, 0) is 22.6 Å². The molecular formula is C11H13N5O5. The molecule has 10 heteroatoms. The number of nitrogens with one attached hydrogen (secondary N) is 1. The smallest absolute Gasteiger partial charge is 0.360 e. The van der Waals surface area contributed by atoms with Crippen molar-refractivity contribution in [1.29, 1.82) is 0 Å². The fraction of sp³-hybridized carbons (Fsp3) is 0.364. The zero-order valence-corrected chi connectivity index (χ0v) is 11.1. The molecule has 0 amide bonds. The highest BCUT2D eigenvalue weighted by Gasteiger charge is 2.13. The van der Waals surface area contributed by atoms with Gasteiger partial charge in [-0.15, -0.1) is 5.10 Å². The monoisotopic (exact) mass is 295 g/mol. The van der Waals surface area contributed by atoms with Crippen LogP contribution < -0.4 is 5.32 Å². The average molecular weight is 295 g/mol. The van der Waals surface area contributed by atoms with Gasteiger partial charge in [0.25, 0.3) is 6.01 Å². The first-order chi connectivity index (χ1) is 10.1. The summed E-state index contributed by atoms with van der Waals surface area (Å²) in [6, 6.07) is 0.130. The summed E-state index contributed by atoms with van der Waals surface area (Å²) in [5, 5.41) is 18.8. The summed E-state index contributed by atoms with van der Waals surface area (Å²) in [6.45, 7) is 1.90. The Morgan fingerprint density at radius 3 is 3.05 bits per heavy atom. The highest BCUT2D eigenvalue weighted by atomic mass is 16.5. The molecular weight excluding hydrogens is 282 g/mol. The van der Waals surface area contributed by atoms with Crippen molar-refractivity contribution in [1.82, 2.24) is 20.0 Å². The Morgan fingerprint density at radius 2 is 2.33 bits per heavy atom. The van der Waals surface area contributed by atoms with E-state index in [9.17, 15) is 9.59 Å². The lowest BCUT2D eigenvalue weighted by Crippen LogP contribution is -2.09. The van der Waals surface area contributed by atoms with Crippen LogP contribution in [-0.4, -0.2) is 43.6 Å². The van der Waals surface area contributed by atoms with Crippen molar-refractivity contribution in [2.24, 2.45) is 0 Å². The second-order valence-corrected chi connectivity index (χ2v) is 3.91. The number of anilines is 1. The molecule has 0 aliphatic carbocycles. The molecule has 2 aromatic rings. The maximum Gasteiger partial charge on any atom is 0.360 e. The fourth-order valence-corrected chi connectivity index (χ4v) is 1.46. The number of esters is 1. The van der Waals surface area contributed by atoms with Gasteiger partial charge in [0.1, 0.15) is 18.5 Å². The highest BCUT2D eigenvalue weighted by molar-refractivity contribution is 5.87. The largest absolute Gasteiger partial charge is 0.480 e. The Hall–Kier alpha value is -2.91. The summed E-state index contributed by atoms with van der Waals surface area (Å²) in [6.07, 6.45) is 2.66. The number of hydrogen-bond donors (Lipinski definition) is 2. The van der Waals surface area contributed by atoms with E-state index in [0.717, 1.165) is 0 Å². The minimum atomic E-state index is -1.01. The Bertz CT molecular complexity index is 634. The average Bonchev–Trinajstić information content (AvgIpc) is 3.05. The Balaban J connectivity index is 1.89. The molecule has 0 fully saturated rings. The number of carboxylic acid groups (broad SMARTS) is 1. The van der Waals surface area contributed by atoms with E-state index in [2.05, 4.69) is 20.6 Å². The molecule has 0 bridgehead atoms. The molecule has 2 N–H and O–H groups in total. The minimum absolute atomic E-state index is 0.0638. The van der Waals surface area contributed by atoms with Crippen molar-refractivity contribution in [3.05, 3.63) is 23.8 Å². The molecule has 0 aliphatic heterocycles. The van der Waals surface area contributed by atoms with E-state index in [4.69, 9.17) is 14.3 Å². The summed E-state index contributed by atoms with van der Waals surface area (Å²) in [4.78, 5) is 25.8. The number of hydrogen-bond acceptors (Lipinski definition) is 8. The highest BCUT2D eigenvalue weighted by Crippen LogP contribution is 2.09. The van der Waals surface area contributed by atoms with Crippen LogP contribution in [0.2, 0.25) is 0 Å². The number of ether oxygens (including phenoxy) is 1. The normalized spacial score (nSPS) is 10.3. The van der Waals surface area contributed by atoms with Gasteiger partial charge in [-0.25, -0.2) is 9.48 Å². The van der Waals surface area contributed by atoms with E-state index in [1.807, 2.05) is 0 Å². The molecule has 0 unspecified atom stereocenters. The number of carbonyl (C=O) groups excluding carboxylic acids is 1. The molecule has 0 radical (unpaired) electrons. The van der Waals surface area contributed by atoms with E-state index in [-0.39, 0.29) is 31.4 Å². The van der Waals surface area contributed by atoms with Gasteiger partial charge < -0.3 is 19.6 Å². The first-order valence-corrected chi connectivity index (χ1v) is 6.05. The lowest BCUT2D eigenvalue weighted by atomic mass is 10.5. The zero-order chi connectivity index (χ0) is 15.2. The number of aliphatic carboxylic acids is 1. The molecule has 0 atom stereocenters. The van der Waals surface area contributed by atoms with Crippen molar-refractivity contribution >= 4 is 18.0 Å². The zero-order valence-electron chi connectivity index (χ0n) is 11.1. The van der Waals surface area contributed by atoms with Crippen LogP contribution in [0.5, 0.6) is 0 Å². The predicted molar refractivity (Wildman–Crippen MR) is 67.4 cm³/mol. The molecule has 0 saturated carbocycles. The van der Waals surface area contributed by atoms with E-state index >= 15 is 0 Å². The predicted octanol–water partition coefficient (Wildman–Crippen LogP) is 0.139. The quantitative estimate of drug-likeness (QED) is 0.684. The van der Waals surface area contributed by atoms with E-state index < -0.39 is 11.9 Å². The van der Waals surface area contributed by atoms with Crippen LogP contribution >= 0.6 is 0 Å². The van der Waals surface area contributed by atoms with Crippen molar-refractivity contribution in [2.45, 2.75) is 20.0 Å². The third-order valence-electron chi connectivity index (χ3n) is 2.29. The molecule has 112 valence electrons. The van der Waals surface area contributed by atoms with Crippen LogP contribution in [0.1, 0.15) is 23.1 Å². The lowest BCUT2D eigenvalue weighted by Gasteiger charge is -1.97. The first-order valence-electron chi connectivity index (χ1n) is 6.05. The lowest BCUT2D eigenvalue weighted by molar-refractivity contribution is -0.137. The topological polar surface area (TPSA) is 132 Å². The van der Waals surface area contributed by atoms with Gasteiger partial charge in [-0.1, -0.05) is 5.21 Å². The van der Waals surface area contributed by atoms with Gasteiger partial charge >= 0.3 is 11.9 Å². The van der Waals surface area contributed by atoms with Crippen LogP contribution in [0, 0.1) is 0 Å². The number of aromatic nitrogens is 4. The summed E-state index contributed by atoms with van der Waals surface area (Å²) in [5.74, 6) is -1.58. The molecule has 0 spiro atoms. The van der Waals surface area contributed by atoms with E-state index in [1.54, 1.807) is 6.92 Å². The maximum absolute atomic E-state index is 11.4. The molecule has 10 nitrogen and oxygen atoms in total. The van der Waals surface area contributed by atoms with Gasteiger partial charge in [0.2, 0.25) is 0 Å². The second kappa shape index (κ2) is 6.50. The van der Waals surface area contributed by atoms with Gasteiger partial charge in [-0.2, -0.15) is 4.98 Å². The van der Waals surface area contributed by atoms with E-state index in [0.29, 0.717) is 5.69 Å². The van der Waals surface area contributed by atoms with Crippen LogP contribution in [0.4, 0.5) is 6.01 Å². The Labute approximate surface area is 118 Å². The fourth-order valence-electron chi connectivity index (χ4n) is 1.46. The standard InChI is InChI=1S/C11H13N5O5/c1-2-20-10(19)8-6-21-11(13-8)12-3-7-4-16(15-14-7)5-9(17)18/h4,6H,2-3,5H2,1H3,(H,12,13)(H,17,18). The molecule has 2 heterocycles. The first kappa shape index (κ1) is 14.5. The van der Waals surface area contributed by atoms with Gasteiger partial charge in [0.05, 0.1) is 19.3 Å². The minimum Gasteiger partial charge on any atom is -0.480 e. The SMILES string of the molecule is CCOC(=O)c1coc(NCc2cn(CC(=O)O)nn2)n1.